The van der Waals surface area contributed by atoms with Gasteiger partial charge < -0.3 is 9.84 Å². The van der Waals surface area contributed by atoms with E-state index >= 15 is 0 Å². The van der Waals surface area contributed by atoms with Crippen LogP contribution in [0.2, 0.25) is 0 Å². The van der Waals surface area contributed by atoms with Gasteiger partial charge in [-0.2, -0.15) is 57.1 Å². The van der Waals surface area contributed by atoms with E-state index in [0.717, 1.165) is 26.2 Å². The van der Waals surface area contributed by atoms with E-state index in [4.69, 9.17) is 4.74 Å². The van der Waals surface area contributed by atoms with Crippen LogP contribution < -0.4 is 4.74 Å². The van der Waals surface area contributed by atoms with Crippen molar-refractivity contribution in [1.82, 2.24) is 0 Å². The number of hydrogen-bond acceptors (Lipinski definition) is 2. The third kappa shape index (κ3) is 4.51. The Morgan fingerprint density at radius 3 is 1.69 bits per heavy atom. The Morgan fingerprint density at radius 2 is 1.25 bits per heavy atom. The molecule has 0 aliphatic rings. The van der Waals surface area contributed by atoms with Crippen LogP contribution in [0.25, 0.3) is 0 Å². The highest BCUT2D eigenvalue weighted by Gasteiger charge is 2.90. The van der Waals surface area contributed by atoms with Crippen molar-refractivity contribution in [3.63, 3.8) is 0 Å². The normalized spacial score (nSPS) is 15.6. The second-order valence-electron chi connectivity index (χ2n) is 7.01. The van der Waals surface area contributed by atoms with Gasteiger partial charge in [0.1, 0.15) is 11.5 Å². The van der Waals surface area contributed by atoms with E-state index in [9.17, 15) is 62.2 Å². The SMILES string of the molecule is COc1ccc(O)c(CC(C)CC(F)(F)C(F)(F)C(F)(F)C(F)(F)C(F)(F)C(F)(F)F)c1. The average Bonchev–Trinajstić information content (AvgIpc) is 2.61. The maximum absolute atomic E-state index is 13.9. The summed E-state index contributed by atoms with van der Waals surface area (Å²) in [6, 6.07) is 3.26. The molecule has 0 amide bonds. The molecule has 0 saturated carbocycles. The number of phenols is 1. The third-order valence-corrected chi connectivity index (χ3v) is 4.46. The lowest BCUT2D eigenvalue weighted by molar-refractivity contribution is -0.440. The molecule has 32 heavy (non-hydrogen) atoms. The second-order valence-corrected chi connectivity index (χ2v) is 7.01. The van der Waals surface area contributed by atoms with Crippen molar-refractivity contribution in [2.75, 3.05) is 7.11 Å². The highest BCUT2D eigenvalue weighted by atomic mass is 19.4. The molecule has 15 heteroatoms. The Labute approximate surface area is 172 Å². The summed E-state index contributed by atoms with van der Waals surface area (Å²) in [4.78, 5) is 0. The molecule has 1 atom stereocenters. The van der Waals surface area contributed by atoms with Crippen LogP contribution in [-0.4, -0.2) is 48.0 Å². The molecule has 0 heterocycles. The molecular weight excluding hydrogens is 483 g/mol. The van der Waals surface area contributed by atoms with Gasteiger partial charge in [-0.3, -0.25) is 0 Å². The summed E-state index contributed by atoms with van der Waals surface area (Å²) in [6.45, 7) is 0.740. The predicted molar refractivity (Wildman–Crippen MR) is 82.9 cm³/mol. The van der Waals surface area contributed by atoms with Crippen molar-refractivity contribution >= 4 is 0 Å². The lowest BCUT2D eigenvalue weighted by Gasteiger charge is -2.40. The fourth-order valence-electron chi connectivity index (χ4n) is 2.67. The molecule has 0 spiro atoms. The Morgan fingerprint density at radius 1 is 0.781 bits per heavy atom. The fraction of sp³-hybridized carbons (Fsp3) is 0.647. The number of ether oxygens (including phenoxy) is 1. The number of rotatable bonds is 9. The molecule has 0 bridgehead atoms. The van der Waals surface area contributed by atoms with Crippen LogP contribution in [-0.2, 0) is 6.42 Å². The van der Waals surface area contributed by atoms with Crippen molar-refractivity contribution in [3.8, 4) is 11.5 Å². The molecule has 0 radical (unpaired) electrons. The molecule has 0 aliphatic heterocycles. The molecule has 1 rings (SSSR count). The van der Waals surface area contributed by atoms with Gasteiger partial charge in [0.25, 0.3) is 0 Å². The summed E-state index contributed by atoms with van der Waals surface area (Å²) in [5.41, 5.74) is -0.211. The van der Waals surface area contributed by atoms with Crippen molar-refractivity contribution in [1.29, 1.82) is 0 Å². The number of hydrogen-bond donors (Lipinski definition) is 1. The summed E-state index contributed by atoms with van der Waals surface area (Å²) in [6.07, 6.45) is -10.5. The van der Waals surface area contributed by atoms with Gasteiger partial charge in [0.2, 0.25) is 0 Å². The zero-order chi connectivity index (χ0) is 25.6. The lowest BCUT2D eigenvalue weighted by Crippen LogP contribution is -2.70. The van der Waals surface area contributed by atoms with E-state index in [1.165, 1.54) is 6.07 Å². The van der Waals surface area contributed by atoms with Gasteiger partial charge in [-0.25, -0.2) is 0 Å². The molecule has 0 fully saturated rings. The third-order valence-electron chi connectivity index (χ3n) is 4.46. The first-order valence-electron chi connectivity index (χ1n) is 8.38. The van der Waals surface area contributed by atoms with E-state index in [1.807, 2.05) is 0 Å². The highest BCUT2D eigenvalue weighted by Crippen LogP contribution is 2.61. The minimum atomic E-state index is -7.92. The molecule has 1 unspecified atom stereocenters. The van der Waals surface area contributed by atoms with Crippen LogP contribution >= 0.6 is 0 Å². The Balaban J connectivity index is 3.25. The van der Waals surface area contributed by atoms with Crippen LogP contribution in [0.15, 0.2) is 18.2 Å². The van der Waals surface area contributed by atoms with Crippen molar-refractivity contribution in [3.05, 3.63) is 23.8 Å². The number of aromatic hydroxyl groups is 1. The second kappa shape index (κ2) is 8.36. The van der Waals surface area contributed by atoms with Crippen LogP contribution in [0.4, 0.5) is 57.1 Å². The smallest absolute Gasteiger partial charge is 0.460 e. The summed E-state index contributed by atoms with van der Waals surface area (Å²) >= 11 is 0. The number of benzene rings is 1. The Bertz CT molecular complexity index is 802. The van der Waals surface area contributed by atoms with Gasteiger partial charge in [-0.05, 0) is 36.1 Å². The first-order chi connectivity index (χ1) is 14.1. The van der Waals surface area contributed by atoms with E-state index < -0.39 is 60.3 Å². The van der Waals surface area contributed by atoms with Crippen molar-refractivity contribution in [2.45, 2.75) is 55.6 Å². The number of halogens is 13. The number of phenolic OH excluding ortho intramolecular Hbond substituents is 1. The quantitative estimate of drug-likeness (QED) is 0.384. The average molecular weight is 498 g/mol. The van der Waals surface area contributed by atoms with E-state index in [1.54, 1.807) is 0 Å². The minimum Gasteiger partial charge on any atom is -0.508 e. The first-order valence-corrected chi connectivity index (χ1v) is 8.38. The Kier molecular flexibility index (Phi) is 7.30. The molecule has 0 saturated heterocycles. The van der Waals surface area contributed by atoms with Gasteiger partial charge in [0, 0.05) is 6.42 Å². The van der Waals surface area contributed by atoms with Crippen LogP contribution in [0.3, 0.4) is 0 Å². The molecule has 186 valence electrons. The van der Waals surface area contributed by atoms with Crippen LogP contribution in [0, 0.1) is 5.92 Å². The zero-order valence-electron chi connectivity index (χ0n) is 16.0. The first kappa shape index (κ1) is 27.9. The molecule has 1 aromatic carbocycles. The lowest BCUT2D eigenvalue weighted by atomic mass is 9.87. The standard InChI is InChI=1S/C17H15F13O2/c1-8(5-9-6-10(32-2)3-4-11(9)31)7-12(18,19)13(20,21)14(22,23)15(24,25)16(26,27)17(28,29)30/h3-4,6,8,31H,5,7H2,1-2H3. The van der Waals surface area contributed by atoms with E-state index in [2.05, 4.69) is 0 Å². The molecule has 0 aromatic heterocycles. The summed E-state index contributed by atoms with van der Waals surface area (Å²) in [5.74, 6) is -39.2. The molecule has 1 N–H and O–H groups in total. The Hall–Kier alpha value is -2.09. The molecule has 0 aliphatic carbocycles. The maximum Gasteiger partial charge on any atom is 0.460 e. The molecular formula is C17H15F13O2. The largest absolute Gasteiger partial charge is 0.508 e. The van der Waals surface area contributed by atoms with E-state index in [0.29, 0.717) is 0 Å². The van der Waals surface area contributed by atoms with Crippen molar-refractivity contribution < 1.29 is 66.9 Å². The molecule has 2 nitrogen and oxygen atoms in total. The summed E-state index contributed by atoms with van der Waals surface area (Å²) < 4.78 is 175. The van der Waals surface area contributed by atoms with Crippen LogP contribution in [0.5, 0.6) is 11.5 Å². The maximum atomic E-state index is 13.9. The fourth-order valence-corrected chi connectivity index (χ4v) is 2.67. The van der Waals surface area contributed by atoms with Crippen LogP contribution in [0.1, 0.15) is 18.9 Å². The number of alkyl halides is 13. The van der Waals surface area contributed by atoms with Gasteiger partial charge in [0.15, 0.2) is 0 Å². The topological polar surface area (TPSA) is 29.5 Å². The zero-order valence-corrected chi connectivity index (χ0v) is 16.0. The van der Waals surface area contributed by atoms with Gasteiger partial charge in [0.05, 0.1) is 7.11 Å². The van der Waals surface area contributed by atoms with Gasteiger partial charge in [-0.1, -0.05) is 6.92 Å². The summed E-state index contributed by atoms with van der Waals surface area (Å²) in [7, 11) is 1.16. The van der Waals surface area contributed by atoms with Gasteiger partial charge in [-0.15, -0.1) is 0 Å². The monoisotopic (exact) mass is 498 g/mol. The summed E-state index contributed by atoms with van der Waals surface area (Å²) in [5, 5.41) is 9.64. The predicted octanol–water partition coefficient (Wildman–Crippen LogP) is 6.71. The van der Waals surface area contributed by atoms with Crippen molar-refractivity contribution in [2.24, 2.45) is 5.92 Å². The van der Waals surface area contributed by atoms with Gasteiger partial charge >= 0.3 is 35.8 Å². The minimum absolute atomic E-state index is 0.0580. The van der Waals surface area contributed by atoms with E-state index in [-0.39, 0.29) is 11.3 Å². The molecule has 1 aromatic rings. The highest BCUT2D eigenvalue weighted by molar-refractivity contribution is 5.39. The number of methoxy groups -OCH3 is 1.